The minimum absolute atomic E-state index is 0.0726. The summed E-state index contributed by atoms with van der Waals surface area (Å²) in [7, 11) is 0. The van der Waals surface area contributed by atoms with Gasteiger partial charge in [-0.15, -0.1) is 0 Å². The number of aliphatic hydroxyl groups excluding tert-OH is 1. The topological polar surface area (TPSA) is 82.9 Å². The summed E-state index contributed by atoms with van der Waals surface area (Å²) < 4.78 is 5.97. The van der Waals surface area contributed by atoms with Crippen LogP contribution in [0.25, 0.3) is 0 Å². The van der Waals surface area contributed by atoms with E-state index in [2.05, 4.69) is 4.98 Å². The van der Waals surface area contributed by atoms with Gasteiger partial charge >= 0.3 is 0 Å². The molecule has 1 saturated carbocycles. The molecule has 27 heavy (non-hydrogen) atoms. The van der Waals surface area contributed by atoms with Gasteiger partial charge in [-0.3, -0.25) is 4.79 Å². The smallest absolute Gasteiger partial charge is 0.276 e. The molecule has 0 bridgehead atoms. The molecule has 7 heteroatoms. The van der Waals surface area contributed by atoms with Crippen LogP contribution in [-0.2, 0) is 0 Å². The minimum Gasteiger partial charge on any atom is -0.505 e. The van der Waals surface area contributed by atoms with Gasteiger partial charge < -0.3 is 19.8 Å². The van der Waals surface area contributed by atoms with Crippen molar-refractivity contribution in [3.05, 3.63) is 53.3 Å². The monoisotopic (exact) mass is 388 g/mol. The molecule has 1 aromatic heterocycles. The highest BCUT2D eigenvalue weighted by Crippen LogP contribution is 2.39. The van der Waals surface area contributed by atoms with E-state index in [0.29, 0.717) is 36.7 Å². The molecule has 1 saturated heterocycles. The highest BCUT2D eigenvalue weighted by Gasteiger charge is 2.44. The van der Waals surface area contributed by atoms with Crippen LogP contribution < -0.4 is 4.74 Å². The van der Waals surface area contributed by atoms with Crippen LogP contribution in [0.5, 0.6) is 11.5 Å². The molecule has 2 fully saturated rings. The van der Waals surface area contributed by atoms with Gasteiger partial charge in [-0.2, -0.15) is 0 Å². The van der Waals surface area contributed by atoms with E-state index in [9.17, 15) is 15.0 Å². The lowest BCUT2D eigenvalue weighted by molar-refractivity contribution is -0.0231. The summed E-state index contributed by atoms with van der Waals surface area (Å²) in [6.45, 7) is 1.13. The van der Waals surface area contributed by atoms with E-state index in [0.717, 1.165) is 0 Å². The highest BCUT2D eigenvalue weighted by molar-refractivity contribution is 6.30. The Kier molecular flexibility index (Phi) is 4.93. The van der Waals surface area contributed by atoms with E-state index >= 15 is 0 Å². The van der Waals surface area contributed by atoms with Crippen molar-refractivity contribution in [3.8, 4) is 11.5 Å². The molecule has 2 N–H and O–H groups in total. The number of nitrogens with zero attached hydrogens (tertiary/aromatic N) is 2. The third-order valence-electron chi connectivity index (χ3n) is 5.44. The number of pyridine rings is 1. The van der Waals surface area contributed by atoms with Crippen LogP contribution in [0.15, 0.2) is 42.6 Å². The Morgan fingerprint density at radius 2 is 1.96 bits per heavy atom. The molecule has 6 nitrogen and oxygen atoms in total. The van der Waals surface area contributed by atoms with E-state index in [1.54, 1.807) is 23.1 Å². The van der Waals surface area contributed by atoms with Gasteiger partial charge in [-0.1, -0.05) is 17.7 Å². The van der Waals surface area contributed by atoms with Crippen LogP contribution in [0.2, 0.25) is 5.02 Å². The molecule has 2 heterocycles. The first kappa shape index (κ1) is 18.1. The molecule has 142 valence electrons. The summed E-state index contributed by atoms with van der Waals surface area (Å²) in [6.07, 6.45) is 1.81. The number of hydrogen-bond donors (Lipinski definition) is 2. The Morgan fingerprint density at radius 3 is 2.70 bits per heavy atom. The number of benzene rings is 1. The van der Waals surface area contributed by atoms with Crippen molar-refractivity contribution >= 4 is 17.5 Å². The molecule has 2 aliphatic rings. The summed E-state index contributed by atoms with van der Waals surface area (Å²) in [5, 5.41) is 21.0. The third kappa shape index (κ3) is 3.73. The quantitative estimate of drug-likeness (QED) is 0.844. The van der Waals surface area contributed by atoms with E-state index in [1.165, 1.54) is 12.3 Å². The van der Waals surface area contributed by atoms with Crippen molar-refractivity contribution in [2.75, 3.05) is 13.1 Å². The fourth-order valence-corrected chi connectivity index (χ4v) is 4.29. The molecule has 0 spiro atoms. The van der Waals surface area contributed by atoms with E-state index < -0.39 is 6.10 Å². The SMILES string of the molecule is O=C(c1ncccc1O)N1C[C@H]2C[C@@H](Oc3cccc(Cl)c3)[C@H](O)C[C@H]2C1. The van der Waals surface area contributed by atoms with Crippen LogP contribution in [0.4, 0.5) is 0 Å². The molecule has 1 aliphatic carbocycles. The lowest BCUT2D eigenvalue weighted by Gasteiger charge is -2.35. The summed E-state index contributed by atoms with van der Waals surface area (Å²) in [4.78, 5) is 18.4. The zero-order valence-electron chi connectivity index (χ0n) is 14.7. The lowest BCUT2D eigenvalue weighted by atomic mass is 9.78. The molecule has 4 rings (SSSR count). The molecular formula is C20H21ClN2O4. The first-order chi connectivity index (χ1) is 13.0. The number of fused-ring (bicyclic) bond motifs is 1. The summed E-state index contributed by atoms with van der Waals surface area (Å²) in [5.41, 5.74) is 0.0726. The Labute approximate surface area is 162 Å². The fourth-order valence-electron chi connectivity index (χ4n) is 4.11. The Bertz CT molecular complexity index is 846. The van der Waals surface area contributed by atoms with Gasteiger partial charge in [-0.25, -0.2) is 4.98 Å². The summed E-state index contributed by atoms with van der Waals surface area (Å²) in [5.74, 6) is 0.708. The first-order valence-corrected chi connectivity index (χ1v) is 9.42. The third-order valence-corrected chi connectivity index (χ3v) is 5.68. The second kappa shape index (κ2) is 7.37. The second-order valence-electron chi connectivity index (χ2n) is 7.25. The maximum absolute atomic E-state index is 12.7. The van der Waals surface area contributed by atoms with Crippen molar-refractivity contribution < 1.29 is 19.7 Å². The van der Waals surface area contributed by atoms with Gasteiger partial charge in [0.05, 0.1) is 6.10 Å². The van der Waals surface area contributed by atoms with Crippen LogP contribution in [0, 0.1) is 11.8 Å². The zero-order valence-corrected chi connectivity index (χ0v) is 15.4. The largest absolute Gasteiger partial charge is 0.505 e. The maximum Gasteiger partial charge on any atom is 0.276 e. The van der Waals surface area contributed by atoms with Crippen molar-refractivity contribution in [2.24, 2.45) is 11.8 Å². The minimum atomic E-state index is -0.594. The number of likely N-dealkylation sites (tertiary alicyclic amines) is 1. The summed E-state index contributed by atoms with van der Waals surface area (Å²) in [6, 6.07) is 10.2. The molecule has 0 radical (unpaired) electrons. The van der Waals surface area contributed by atoms with Gasteiger partial charge in [0.15, 0.2) is 5.69 Å². The lowest BCUT2D eigenvalue weighted by Crippen LogP contribution is -2.42. The van der Waals surface area contributed by atoms with Crippen molar-refractivity contribution in [3.63, 3.8) is 0 Å². The average Bonchev–Trinajstić information content (AvgIpc) is 3.04. The first-order valence-electron chi connectivity index (χ1n) is 9.05. The standard InChI is InChI=1S/C20H21ClN2O4/c21-14-3-1-4-15(9-14)27-18-8-13-11-23(10-12(13)7-17(18)25)20(26)19-16(24)5-2-6-22-19/h1-6,9,12-13,17-18,24-25H,7-8,10-11H2/t12-,13+,17+,18+/m0/s1. The Balaban J connectivity index is 1.44. The number of hydrogen-bond acceptors (Lipinski definition) is 5. The highest BCUT2D eigenvalue weighted by atomic mass is 35.5. The number of rotatable bonds is 3. The van der Waals surface area contributed by atoms with Gasteiger partial charge in [-0.05, 0) is 55.0 Å². The zero-order chi connectivity index (χ0) is 19.0. The Morgan fingerprint density at radius 1 is 1.19 bits per heavy atom. The van der Waals surface area contributed by atoms with Crippen LogP contribution >= 0.6 is 11.6 Å². The van der Waals surface area contributed by atoms with Gasteiger partial charge in [0, 0.05) is 24.3 Å². The van der Waals surface area contributed by atoms with Crippen LogP contribution in [0.3, 0.4) is 0 Å². The number of aliphatic hydroxyl groups is 1. The van der Waals surface area contributed by atoms with E-state index in [1.807, 2.05) is 12.1 Å². The molecule has 4 atom stereocenters. The molecule has 1 amide bonds. The number of halogens is 1. The average molecular weight is 389 g/mol. The predicted molar refractivity (Wildman–Crippen MR) is 99.9 cm³/mol. The number of carbonyl (C=O) groups is 1. The number of aromatic nitrogens is 1. The molecule has 1 aliphatic heterocycles. The fraction of sp³-hybridized carbons (Fsp3) is 0.400. The maximum atomic E-state index is 12.7. The van der Waals surface area contributed by atoms with Crippen molar-refractivity contribution in [1.29, 1.82) is 0 Å². The summed E-state index contributed by atoms with van der Waals surface area (Å²) >= 11 is 6.00. The van der Waals surface area contributed by atoms with Crippen molar-refractivity contribution in [1.82, 2.24) is 9.88 Å². The van der Waals surface area contributed by atoms with Crippen LogP contribution in [-0.4, -0.2) is 51.3 Å². The Hall–Kier alpha value is -2.31. The molecule has 1 aromatic carbocycles. The van der Waals surface area contributed by atoms with Gasteiger partial charge in [0.1, 0.15) is 17.6 Å². The number of amides is 1. The number of ether oxygens (including phenoxy) is 1. The normalized spacial score (nSPS) is 27.3. The molecule has 2 aromatic rings. The number of carbonyl (C=O) groups excluding carboxylic acids is 1. The molecule has 0 unspecified atom stereocenters. The van der Waals surface area contributed by atoms with Gasteiger partial charge in [0.25, 0.3) is 5.91 Å². The van der Waals surface area contributed by atoms with Gasteiger partial charge in [0.2, 0.25) is 0 Å². The second-order valence-corrected chi connectivity index (χ2v) is 7.69. The van der Waals surface area contributed by atoms with Crippen molar-refractivity contribution in [2.45, 2.75) is 25.0 Å². The van der Waals surface area contributed by atoms with Crippen LogP contribution in [0.1, 0.15) is 23.3 Å². The van der Waals surface area contributed by atoms with E-state index in [-0.39, 0.29) is 35.3 Å². The molecular weight excluding hydrogens is 368 g/mol. The van der Waals surface area contributed by atoms with E-state index in [4.69, 9.17) is 16.3 Å². The number of aromatic hydroxyl groups is 1. The predicted octanol–water partition coefficient (Wildman–Crippen LogP) is 2.73.